The number of nitrogens with one attached hydrogen (secondary N) is 1. The first kappa shape index (κ1) is 27.0. The van der Waals surface area contributed by atoms with E-state index in [1.165, 1.54) is 9.87 Å². The van der Waals surface area contributed by atoms with Crippen molar-refractivity contribution in [3.63, 3.8) is 0 Å². The van der Waals surface area contributed by atoms with Crippen LogP contribution >= 0.6 is 0 Å². The second kappa shape index (κ2) is 12.0. The Bertz CT molecular complexity index is 1300. The van der Waals surface area contributed by atoms with Crippen LogP contribution in [0.1, 0.15) is 78.5 Å². The Morgan fingerprint density at radius 3 is 2.51 bits per heavy atom. The predicted molar refractivity (Wildman–Crippen MR) is 141 cm³/mol. The molecule has 3 N–H and O–H groups in total. The van der Waals surface area contributed by atoms with Crippen molar-refractivity contribution < 1.29 is 27.9 Å². The molecule has 1 unspecified atom stereocenters. The van der Waals surface area contributed by atoms with E-state index in [1.807, 2.05) is 30.3 Å². The second-order valence-corrected chi connectivity index (χ2v) is 10.4. The van der Waals surface area contributed by atoms with Gasteiger partial charge < -0.3 is 14.8 Å². The quantitative estimate of drug-likeness (QED) is 0.213. The van der Waals surface area contributed by atoms with Gasteiger partial charge >= 0.3 is 5.97 Å². The molecule has 1 amide bonds. The molecule has 0 radical (unpaired) electrons. The van der Waals surface area contributed by atoms with Crippen LogP contribution in [0.5, 0.6) is 0 Å². The summed E-state index contributed by atoms with van der Waals surface area (Å²) in [6.07, 6.45) is 4.75. The minimum absolute atomic E-state index is 0.0853. The van der Waals surface area contributed by atoms with Crippen LogP contribution in [0.4, 0.5) is 0 Å². The molecular weight excluding hydrogens is 494 g/mol. The number of carbonyl (C=O) groups excluding carboxylic acids is 1. The van der Waals surface area contributed by atoms with E-state index >= 15 is 0 Å². The molecule has 1 atom stereocenters. The van der Waals surface area contributed by atoms with E-state index in [2.05, 4.69) is 12.2 Å². The molecule has 1 aliphatic rings. The molecule has 198 valence electrons. The maximum atomic E-state index is 13.0. The molecule has 10 heteroatoms. The van der Waals surface area contributed by atoms with Gasteiger partial charge in [0.1, 0.15) is 5.76 Å². The highest BCUT2D eigenvalue weighted by molar-refractivity contribution is 7.76. The molecule has 0 saturated heterocycles. The average Bonchev–Trinajstić information content (AvgIpc) is 3.67. The normalized spacial score (nSPS) is 14.3. The van der Waals surface area contributed by atoms with Gasteiger partial charge in [0.15, 0.2) is 0 Å². The summed E-state index contributed by atoms with van der Waals surface area (Å²) in [6.45, 7) is 2.57. The summed E-state index contributed by atoms with van der Waals surface area (Å²) < 4.78 is 29.6. The number of hydrogen-bond acceptors (Lipinski definition) is 5. The number of aliphatic carboxylic acids is 1. The van der Waals surface area contributed by atoms with Gasteiger partial charge in [0.05, 0.1) is 23.2 Å². The maximum Gasteiger partial charge on any atom is 0.303 e. The molecule has 2 aromatic heterocycles. The summed E-state index contributed by atoms with van der Waals surface area (Å²) in [5.74, 6) is -0.367. The van der Waals surface area contributed by atoms with Crippen LogP contribution in [0.25, 0.3) is 22.4 Å². The van der Waals surface area contributed by atoms with Crippen LogP contribution in [0.3, 0.4) is 0 Å². The molecule has 0 spiro atoms. The standard InChI is InChI=1S/C27H33N3O6S/c1-3-17-8-10-19(11-9-17)25-24(26(33)28-2)21-15-20(18-12-13-18)22(29-27(21)36-25)16-30(37(34)35)14-6-4-5-7-23(31)32/h8-11,15,18H,3-7,12-14,16H2,1-2H3,(H,28,33)(H,31,32)(H,34,35). The summed E-state index contributed by atoms with van der Waals surface area (Å²) in [5, 5.41) is 12.1. The van der Waals surface area contributed by atoms with Crippen molar-refractivity contribution >= 4 is 34.2 Å². The number of nitrogens with zero attached hydrogens (tertiary/aromatic N) is 2. The number of carbonyl (C=O) groups is 2. The lowest BCUT2D eigenvalue weighted by molar-refractivity contribution is -0.137. The van der Waals surface area contributed by atoms with E-state index in [-0.39, 0.29) is 24.8 Å². The number of carboxylic acids is 1. The Hall–Kier alpha value is -3.08. The zero-order chi connectivity index (χ0) is 26.5. The lowest BCUT2D eigenvalue weighted by Gasteiger charge is -2.19. The first-order valence-electron chi connectivity index (χ1n) is 12.7. The average molecular weight is 528 g/mol. The molecule has 0 bridgehead atoms. The third kappa shape index (κ3) is 6.44. The van der Waals surface area contributed by atoms with Crippen LogP contribution < -0.4 is 5.32 Å². The van der Waals surface area contributed by atoms with E-state index in [0.29, 0.717) is 53.9 Å². The minimum Gasteiger partial charge on any atom is -0.481 e. The zero-order valence-electron chi connectivity index (χ0n) is 21.2. The number of aryl methyl sites for hydroxylation is 1. The maximum absolute atomic E-state index is 13.0. The fraction of sp³-hybridized carbons (Fsp3) is 0.444. The van der Waals surface area contributed by atoms with Crippen molar-refractivity contribution in [2.45, 2.75) is 64.3 Å². The highest BCUT2D eigenvalue weighted by atomic mass is 32.2. The van der Waals surface area contributed by atoms with Crippen LogP contribution in [-0.4, -0.2) is 48.6 Å². The number of carboxylic acid groups (broad SMARTS) is 1. The Morgan fingerprint density at radius 2 is 1.92 bits per heavy atom. The molecule has 3 aromatic rings. The van der Waals surface area contributed by atoms with Crippen molar-refractivity contribution in [3.8, 4) is 11.3 Å². The summed E-state index contributed by atoms with van der Waals surface area (Å²) in [7, 11) is 1.58. The molecule has 1 aliphatic carbocycles. The van der Waals surface area contributed by atoms with E-state index in [4.69, 9.17) is 14.5 Å². The number of amides is 1. The van der Waals surface area contributed by atoms with E-state index in [0.717, 1.165) is 30.4 Å². The highest BCUT2D eigenvalue weighted by Crippen LogP contribution is 2.44. The summed E-state index contributed by atoms with van der Waals surface area (Å²) in [4.78, 5) is 28.4. The molecule has 0 aliphatic heterocycles. The number of benzene rings is 1. The molecule has 2 heterocycles. The van der Waals surface area contributed by atoms with E-state index in [9.17, 15) is 18.4 Å². The Balaban J connectivity index is 1.69. The third-order valence-electron chi connectivity index (χ3n) is 6.74. The minimum atomic E-state index is -2.21. The number of fused-ring (bicyclic) bond motifs is 1. The lowest BCUT2D eigenvalue weighted by atomic mass is 10.0. The van der Waals surface area contributed by atoms with Crippen LogP contribution in [0.2, 0.25) is 0 Å². The number of hydrogen-bond donors (Lipinski definition) is 3. The first-order valence-corrected chi connectivity index (χ1v) is 13.7. The number of furan rings is 1. The number of unbranched alkanes of at least 4 members (excludes halogenated alkanes) is 2. The number of aromatic nitrogens is 1. The molecule has 37 heavy (non-hydrogen) atoms. The van der Waals surface area contributed by atoms with Crippen molar-refractivity contribution in [2.75, 3.05) is 13.6 Å². The van der Waals surface area contributed by atoms with E-state index in [1.54, 1.807) is 7.05 Å². The predicted octanol–water partition coefficient (Wildman–Crippen LogP) is 4.88. The van der Waals surface area contributed by atoms with Crippen molar-refractivity contribution in [2.24, 2.45) is 0 Å². The molecule has 1 saturated carbocycles. The summed E-state index contributed by atoms with van der Waals surface area (Å²) >= 11 is -2.21. The smallest absolute Gasteiger partial charge is 0.303 e. The van der Waals surface area contributed by atoms with Crippen molar-refractivity contribution in [1.29, 1.82) is 0 Å². The van der Waals surface area contributed by atoms with Crippen LogP contribution in [-0.2, 0) is 29.0 Å². The van der Waals surface area contributed by atoms with Gasteiger partial charge in [0.25, 0.3) is 5.91 Å². The lowest BCUT2D eigenvalue weighted by Crippen LogP contribution is -2.27. The zero-order valence-corrected chi connectivity index (χ0v) is 22.0. The molecule has 1 aromatic carbocycles. The van der Waals surface area contributed by atoms with Gasteiger partial charge in [0.2, 0.25) is 17.0 Å². The van der Waals surface area contributed by atoms with Gasteiger partial charge in [-0.2, -0.15) is 4.31 Å². The van der Waals surface area contributed by atoms with Gasteiger partial charge in [-0.25, -0.2) is 9.19 Å². The topological polar surface area (TPSA) is 133 Å². The van der Waals surface area contributed by atoms with Gasteiger partial charge in [-0.1, -0.05) is 37.6 Å². The number of pyridine rings is 1. The summed E-state index contributed by atoms with van der Waals surface area (Å²) in [6, 6.07) is 9.85. The molecule has 1 fully saturated rings. The van der Waals surface area contributed by atoms with Crippen molar-refractivity contribution in [3.05, 3.63) is 52.7 Å². The highest BCUT2D eigenvalue weighted by Gasteiger charge is 2.31. The Kier molecular flexibility index (Phi) is 8.73. The summed E-state index contributed by atoms with van der Waals surface area (Å²) in [5.41, 5.74) is 4.34. The largest absolute Gasteiger partial charge is 0.481 e. The van der Waals surface area contributed by atoms with E-state index < -0.39 is 17.2 Å². The van der Waals surface area contributed by atoms with Gasteiger partial charge in [0, 0.05) is 25.6 Å². The molecule has 4 rings (SSSR count). The Labute approximate surface area is 218 Å². The fourth-order valence-electron chi connectivity index (χ4n) is 4.52. The number of rotatable bonds is 13. The Morgan fingerprint density at radius 1 is 1.19 bits per heavy atom. The van der Waals surface area contributed by atoms with Crippen LogP contribution in [0, 0.1) is 0 Å². The van der Waals surface area contributed by atoms with Gasteiger partial charge in [-0.05, 0) is 55.2 Å². The fourth-order valence-corrected chi connectivity index (χ4v) is 5.03. The third-order valence-corrected chi connectivity index (χ3v) is 7.49. The first-order chi connectivity index (χ1) is 17.8. The van der Waals surface area contributed by atoms with Gasteiger partial charge in [-0.3, -0.25) is 14.1 Å². The second-order valence-electron chi connectivity index (χ2n) is 9.39. The monoisotopic (exact) mass is 527 g/mol. The van der Waals surface area contributed by atoms with Crippen LogP contribution in [0.15, 0.2) is 34.7 Å². The molecular formula is C27H33N3O6S. The SMILES string of the molecule is CCc1ccc(-c2oc3nc(CN(CCCCCC(=O)O)S(=O)O)c(C4CC4)cc3c2C(=O)NC)cc1. The molecule has 9 nitrogen and oxygen atoms in total. The van der Waals surface area contributed by atoms with Crippen molar-refractivity contribution in [1.82, 2.24) is 14.6 Å². The van der Waals surface area contributed by atoms with Gasteiger partial charge in [-0.15, -0.1) is 0 Å².